The van der Waals surface area contributed by atoms with E-state index in [0.717, 1.165) is 21.2 Å². The molecule has 1 aromatic carbocycles. The van der Waals surface area contributed by atoms with E-state index in [-0.39, 0.29) is 5.91 Å². The largest absolute Gasteiger partial charge is 0.321 e. The van der Waals surface area contributed by atoms with E-state index >= 15 is 0 Å². The van der Waals surface area contributed by atoms with E-state index in [1.807, 2.05) is 38.2 Å². The fourth-order valence-corrected chi connectivity index (χ4v) is 2.68. The van der Waals surface area contributed by atoms with Gasteiger partial charge in [-0.3, -0.25) is 9.48 Å². The summed E-state index contributed by atoms with van der Waals surface area (Å²) in [5, 5.41) is 8.11. The maximum atomic E-state index is 12.3. The van der Waals surface area contributed by atoms with Gasteiger partial charge in [-0.1, -0.05) is 12.1 Å². The molecule has 2 aromatic heterocycles. The van der Waals surface area contributed by atoms with E-state index < -0.39 is 0 Å². The lowest BCUT2D eigenvalue weighted by molar-refractivity contribution is 0.102. The highest BCUT2D eigenvalue weighted by molar-refractivity contribution is 9.10. The van der Waals surface area contributed by atoms with Gasteiger partial charge < -0.3 is 5.32 Å². The molecular formula is C15H13BrN4O. The van der Waals surface area contributed by atoms with Crippen LogP contribution in [0.5, 0.6) is 0 Å². The second-order valence-corrected chi connectivity index (χ2v) is 5.59. The summed E-state index contributed by atoms with van der Waals surface area (Å²) in [6.07, 6.45) is 1.64. The molecule has 0 saturated carbocycles. The van der Waals surface area contributed by atoms with Gasteiger partial charge in [-0.05, 0) is 41.1 Å². The number of aromatic nitrogens is 3. The molecule has 0 fully saturated rings. The normalized spacial score (nSPS) is 10.8. The van der Waals surface area contributed by atoms with Crippen LogP contribution in [0.3, 0.4) is 0 Å². The zero-order chi connectivity index (χ0) is 15.0. The molecule has 3 aromatic rings. The van der Waals surface area contributed by atoms with Crippen LogP contribution in [0.2, 0.25) is 0 Å². The molecule has 2 heterocycles. The fourth-order valence-electron chi connectivity index (χ4n) is 2.22. The Labute approximate surface area is 130 Å². The van der Waals surface area contributed by atoms with Crippen molar-refractivity contribution in [3.63, 3.8) is 0 Å². The Morgan fingerprint density at radius 2 is 2.10 bits per heavy atom. The number of hydrogen-bond donors (Lipinski definition) is 1. The van der Waals surface area contributed by atoms with Gasteiger partial charge in [0.25, 0.3) is 5.91 Å². The van der Waals surface area contributed by atoms with Crippen molar-refractivity contribution in [1.29, 1.82) is 0 Å². The van der Waals surface area contributed by atoms with E-state index in [1.54, 1.807) is 16.9 Å². The Bertz CT molecular complexity index is 841. The van der Waals surface area contributed by atoms with E-state index in [2.05, 4.69) is 31.3 Å². The molecule has 0 atom stereocenters. The minimum absolute atomic E-state index is 0.176. The molecule has 1 amide bonds. The van der Waals surface area contributed by atoms with Gasteiger partial charge in [0.2, 0.25) is 0 Å². The Morgan fingerprint density at radius 3 is 2.86 bits per heavy atom. The van der Waals surface area contributed by atoms with Crippen molar-refractivity contribution in [3.05, 3.63) is 52.3 Å². The summed E-state index contributed by atoms with van der Waals surface area (Å²) in [4.78, 5) is 16.6. The number of aryl methyl sites for hydroxylation is 2. The maximum absolute atomic E-state index is 12.3. The van der Waals surface area contributed by atoms with Crippen LogP contribution in [-0.4, -0.2) is 20.7 Å². The van der Waals surface area contributed by atoms with E-state index in [1.165, 1.54) is 0 Å². The van der Waals surface area contributed by atoms with Crippen molar-refractivity contribution in [2.24, 2.45) is 7.05 Å². The molecule has 0 spiro atoms. The van der Waals surface area contributed by atoms with Gasteiger partial charge in [0, 0.05) is 16.9 Å². The number of halogens is 1. The molecule has 0 radical (unpaired) electrons. The van der Waals surface area contributed by atoms with Gasteiger partial charge >= 0.3 is 0 Å². The summed E-state index contributed by atoms with van der Waals surface area (Å²) in [5.74, 6) is -0.176. The summed E-state index contributed by atoms with van der Waals surface area (Å²) in [6.45, 7) is 1.92. The fraction of sp³-hybridized carbons (Fsp3) is 0.133. The summed E-state index contributed by atoms with van der Waals surface area (Å²) in [5.41, 5.74) is 2.92. The van der Waals surface area contributed by atoms with Crippen LogP contribution in [-0.2, 0) is 7.05 Å². The van der Waals surface area contributed by atoms with Crippen molar-refractivity contribution >= 4 is 38.6 Å². The molecule has 0 bridgehead atoms. The van der Waals surface area contributed by atoms with Crippen LogP contribution in [0.4, 0.5) is 5.69 Å². The number of carbonyl (C=O) groups excluding carboxylic acids is 1. The lowest BCUT2D eigenvalue weighted by atomic mass is 10.2. The highest BCUT2D eigenvalue weighted by Crippen LogP contribution is 2.21. The van der Waals surface area contributed by atoms with Gasteiger partial charge in [0.1, 0.15) is 0 Å². The first-order valence-corrected chi connectivity index (χ1v) is 7.21. The van der Waals surface area contributed by atoms with E-state index in [9.17, 15) is 4.79 Å². The monoisotopic (exact) mass is 344 g/mol. The van der Waals surface area contributed by atoms with Gasteiger partial charge in [-0.15, -0.1) is 0 Å². The quantitative estimate of drug-likeness (QED) is 0.775. The highest BCUT2D eigenvalue weighted by Gasteiger charge is 2.12. The third-order valence-corrected chi connectivity index (χ3v) is 3.93. The molecule has 0 aliphatic carbocycles. The molecule has 6 heteroatoms. The van der Waals surface area contributed by atoms with Gasteiger partial charge in [-0.25, -0.2) is 4.98 Å². The standard InChI is InChI=1S/C15H13BrN4O/c1-9-12-7-10(8-17-14(12)20(2)19-9)18-15(21)11-5-3-4-6-13(11)16/h3-8H,1-2H3,(H,18,21). The first kappa shape index (κ1) is 13.8. The number of pyridine rings is 1. The molecule has 5 nitrogen and oxygen atoms in total. The number of amides is 1. The highest BCUT2D eigenvalue weighted by atomic mass is 79.9. The van der Waals surface area contributed by atoms with Crippen molar-refractivity contribution in [1.82, 2.24) is 14.8 Å². The molecule has 0 aliphatic heterocycles. The van der Waals surface area contributed by atoms with E-state index in [4.69, 9.17) is 0 Å². The molecule has 0 aliphatic rings. The van der Waals surface area contributed by atoms with Crippen LogP contribution in [0.25, 0.3) is 11.0 Å². The minimum atomic E-state index is -0.176. The number of nitrogens with zero attached hydrogens (tertiary/aromatic N) is 3. The second kappa shape index (κ2) is 5.29. The first-order chi connectivity index (χ1) is 10.1. The zero-order valence-corrected chi connectivity index (χ0v) is 13.2. The maximum Gasteiger partial charge on any atom is 0.256 e. The molecule has 106 valence electrons. The third kappa shape index (κ3) is 2.54. The van der Waals surface area contributed by atoms with E-state index in [0.29, 0.717) is 11.3 Å². The number of benzene rings is 1. The van der Waals surface area contributed by atoms with Crippen molar-refractivity contribution < 1.29 is 4.79 Å². The van der Waals surface area contributed by atoms with Crippen LogP contribution in [0.1, 0.15) is 16.1 Å². The number of carbonyl (C=O) groups is 1. The molecule has 0 unspecified atom stereocenters. The molecule has 0 saturated heterocycles. The van der Waals surface area contributed by atoms with Crippen molar-refractivity contribution in [3.8, 4) is 0 Å². The van der Waals surface area contributed by atoms with Crippen LogP contribution < -0.4 is 5.32 Å². The average Bonchev–Trinajstić information content (AvgIpc) is 2.74. The smallest absolute Gasteiger partial charge is 0.256 e. The average molecular weight is 345 g/mol. The molecule has 3 rings (SSSR count). The van der Waals surface area contributed by atoms with Gasteiger partial charge in [-0.2, -0.15) is 5.10 Å². The Kier molecular flexibility index (Phi) is 3.47. The Hall–Kier alpha value is -2.21. The summed E-state index contributed by atoms with van der Waals surface area (Å²) < 4.78 is 2.48. The predicted molar refractivity (Wildman–Crippen MR) is 85.3 cm³/mol. The number of nitrogens with one attached hydrogen (secondary N) is 1. The number of anilines is 1. The molecular weight excluding hydrogens is 332 g/mol. The minimum Gasteiger partial charge on any atom is -0.321 e. The SMILES string of the molecule is Cc1nn(C)c2ncc(NC(=O)c3ccccc3Br)cc12. The number of rotatable bonds is 2. The summed E-state index contributed by atoms with van der Waals surface area (Å²) in [7, 11) is 1.85. The lowest BCUT2D eigenvalue weighted by Gasteiger charge is -2.06. The van der Waals surface area contributed by atoms with Gasteiger partial charge in [0.05, 0.1) is 23.1 Å². The first-order valence-electron chi connectivity index (χ1n) is 6.41. The van der Waals surface area contributed by atoms with Crippen LogP contribution >= 0.6 is 15.9 Å². The van der Waals surface area contributed by atoms with Crippen LogP contribution in [0.15, 0.2) is 41.0 Å². The van der Waals surface area contributed by atoms with Gasteiger partial charge in [0.15, 0.2) is 5.65 Å². The van der Waals surface area contributed by atoms with Crippen molar-refractivity contribution in [2.75, 3.05) is 5.32 Å². The second-order valence-electron chi connectivity index (χ2n) is 4.74. The Balaban J connectivity index is 1.93. The Morgan fingerprint density at radius 1 is 1.33 bits per heavy atom. The molecule has 1 N–H and O–H groups in total. The number of hydrogen-bond acceptors (Lipinski definition) is 3. The molecule has 21 heavy (non-hydrogen) atoms. The predicted octanol–water partition coefficient (Wildman–Crippen LogP) is 3.29. The topological polar surface area (TPSA) is 59.8 Å². The zero-order valence-electron chi connectivity index (χ0n) is 11.6. The summed E-state index contributed by atoms with van der Waals surface area (Å²) in [6, 6.07) is 9.18. The lowest BCUT2D eigenvalue weighted by Crippen LogP contribution is -2.12. The summed E-state index contributed by atoms with van der Waals surface area (Å²) >= 11 is 3.38. The number of fused-ring (bicyclic) bond motifs is 1. The third-order valence-electron chi connectivity index (χ3n) is 3.24. The van der Waals surface area contributed by atoms with Crippen molar-refractivity contribution in [2.45, 2.75) is 6.92 Å². The van der Waals surface area contributed by atoms with Crippen LogP contribution in [0, 0.1) is 6.92 Å².